The van der Waals surface area contributed by atoms with Crippen molar-refractivity contribution in [3.63, 3.8) is 0 Å². The summed E-state index contributed by atoms with van der Waals surface area (Å²) in [6.45, 7) is 0. The molecule has 4 aromatic heterocycles. The van der Waals surface area contributed by atoms with E-state index < -0.39 is 0 Å². The van der Waals surface area contributed by atoms with Gasteiger partial charge in [-0.15, -0.1) is 0 Å². The zero-order valence-corrected chi connectivity index (χ0v) is 16.4. The minimum Gasteiger partial charge on any atom is -0.282 e. The summed E-state index contributed by atoms with van der Waals surface area (Å²) in [6.07, 6.45) is 8.21. The average molecular weight is 392 g/mol. The summed E-state index contributed by atoms with van der Waals surface area (Å²) in [6, 6.07) is 16.3. The first-order valence-electron chi connectivity index (χ1n) is 10.3. The zero-order chi connectivity index (χ0) is 19.9. The van der Waals surface area contributed by atoms with Gasteiger partial charge in [-0.2, -0.15) is 10.2 Å². The Balaban J connectivity index is 1.53. The number of aromatic amines is 2. The number of rotatable bonds is 3. The Morgan fingerprint density at radius 2 is 1.70 bits per heavy atom. The molecule has 0 bridgehead atoms. The molecule has 0 radical (unpaired) electrons. The van der Waals surface area contributed by atoms with Crippen molar-refractivity contribution in [1.82, 2.24) is 30.4 Å². The van der Waals surface area contributed by atoms with Crippen molar-refractivity contribution in [3.8, 4) is 34.0 Å². The molecule has 0 fully saturated rings. The van der Waals surface area contributed by atoms with Gasteiger partial charge < -0.3 is 0 Å². The molecule has 1 aliphatic carbocycles. The number of aryl methyl sites for hydroxylation is 1. The van der Waals surface area contributed by atoms with Gasteiger partial charge in [-0.3, -0.25) is 15.2 Å². The van der Waals surface area contributed by atoms with Crippen LogP contribution in [0.4, 0.5) is 0 Å². The Labute approximate surface area is 173 Å². The lowest BCUT2D eigenvalue weighted by atomic mass is 9.94. The first-order valence-corrected chi connectivity index (χ1v) is 10.3. The molecule has 1 aliphatic rings. The van der Waals surface area contributed by atoms with Gasteiger partial charge in [-0.05, 0) is 49.3 Å². The third kappa shape index (κ3) is 2.80. The topological polar surface area (TPSA) is 83.1 Å². The molecule has 0 atom stereocenters. The Morgan fingerprint density at radius 3 is 2.63 bits per heavy atom. The maximum atomic E-state index is 5.03. The second-order valence-electron chi connectivity index (χ2n) is 7.72. The summed E-state index contributed by atoms with van der Waals surface area (Å²) >= 11 is 0. The minimum atomic E-state index is 0.845. The molecule has 0 spiro atoms. The van der Waals surface area contributed by atoms with Crippen LogP contribution in [0.5, 0.6) is 0 Å². The average Bonchev–Trinajstić information content (AvgIpc) is 3.47. The van der Waals surface area contributed by atoms with Gasteiger partial charge in [-0.25, -0.2) is 4.98 Å². The molecule has 5 aromatic rings. The third-order valence-electron chi connectivity index (χ3n) is 5.84. The van der Waals surface area contributed by atoms with Crippen LogP contribution >= 0.6 is 0 Å². The number of nitrogens with zero attached hydrogens (tertiary/aromatic N) is 4. The minimum absolute atomic E-state index is 0.845. The Hall–Kier alpha value is -3.80. The predicted octanol–water partition coefficient (Wildman–Crippen LogP) is 4.96. The molecule has 4 heterocycles. The fourth-order valence-corrected chi connectivity index (χ4v) is 4.31. The van der Waals surface area contributed by atoms with Crippen molar-refractivity contribution in [2.75, 3.05) is 0 Å². The van der Waals surface area contributed by atoms with E-state index in [9.17, 15) is 0 Å². The van der Waals surface area contributed by atoms with Gasteiger partial charge in [0.1, 0.15) is 5.69 Å². The first kappa shape index (κ1) is 17.1. The summed E-state index contributed by atoms with van der Waals surface area (Å²) in [5.41, 5.74) is 8.10. The van der Waals surface area contributed by atoms with Crippen LogP contribution in [0.15, 0.2) is 60.9 Å². The van der Waals surface area contributed by atoms with Crippen LogP contribution in [0.25, 0.3) is 44.8 Å². The molecule has 0 aliphatic heterocycles. The van der Waals surface area contributed by atoms with Gasteiger partial charge in [0.15, 0.2) is 0 Å². The van der Waals surface area contributed by atoms with E-state index in [1.165, 1.54) is 24.1 Å². The fraction of sp³-hybridized carbons (Fsp3) is 0.167. The van der Waals surface area contributed by atoms with Crippen molar-refractivity contribution < 1.29 is 0 Å². The molecule has 30 heavy (non-hydrogen) atoms. The van der Waals surface area contributed by atoms with Crippen LogP contribution in [0.3, 0.4) is 0 Å². The number of pyridine rings is 2. The lowest BCUT2D eigenvalue weighted by Gasteiger charge is -2.12. The highest BCUT2D eigenvalue weighted by Gasteiger charge is 2.21. The van der Waals surface area contributed by atoms with Crippen LogP contribution in [-0.2, 0) is 12.8 Å². The zero-order valence-electron chi connectivity index (χ0n) is 16.4. The molecule has 1 aromatic carbocycles. The number of benzene rings is 1. The molecule has 146 valence electrons. The van der Waals surface area contributed by atoms with E-state index in [4.69, 9.17) is 4.98 Å². The third-order valence-corrected chi connectivity index (χ3v) is 5.84. The summed E-state index contributed by atoms with van der Waals surface area (Å²) < 4.78 is 0. The van der Waals surface area contributed by atoms with E-state index in [-0.39, 0.29) is 0 Å². The van der Waals surface area contributed by atoms with Crippen LogP contribution in [0.1, 0.15) is 24.1 Å². The molecule has 6 rings (SSSR count). The monoisotopic (exact) mass is 392 g/mol. The second kappa shape index (κ2) is 6.91. The lowest BCUT2D eigenvalue weighted by molar-refractivity contribution is 0.675. The Morgan fingerprint density at radius 1 is 0.800 bits per heavy atom. The molecular weight excluding hydrogens is 372 g/mol. The number of hydrogen-bond donors (Lipinski definition) is 2. The van der Waals surface area contributed by atoms with Crippen molar-refractivity contribution in [2.45, 2.75) is 25.7 Å². The largest absolute Gasteiger partial charge is 0.282 e. The van der Waals surface area contributed by atoms with Crippen LogP contribution in [-0.4, -0.2) is 30.4 Å². The number of hydrogen-bond acceptors (Lipinski definition) is 4. The Bertz CT molecular complexity index is 1350. The molecule has 0 amide bonds. The summed E-state index contributed by atoms with van der Waals surface area (Å²) in [4.78, 5) is 9.37. The molecule has 2 N–H and O–H groups in total. The number of aromatic nitrogens is 6. The number of nitrogens with one attached hydrogen (secondary N) is 2. The molecule has 0 unspecified atom stereocenters. The fourth-order valence-electron chi connectivity index (χ4n) is 4.31. The summed E-state index contributed by atoms with van der Waals surface area (Å²) in [5, 5.41) is 17.7. The van der Waals surface area contributed by atoms with Gasteiger partial charge >= 0.3 is 0 Å². The smallest absolute Gasteiger partial charge is 0.114 e. The highest BCUT2D eigenvalue weighted by Crippen LogP contribution is 2.34. The van der Waals surface area contributed by atoms with Crippen molar-refractivity contribution in [1.29, 1.82) is 0 Å². The van der Waals surface area contributed by atoms with Gasteiger partial charge in [-0.1, -0.05) is 30.3 Å². The lowest BCUT2D eigenvalue weighted by Crippen LogP contribution is -2.02. The summed E-state index contributed by atoms with van der Waals surface area (Å²) in [5.74, 6) is 0. The normalized spacial score (nSPS) is 13.5. The van der Waals surface area contributed by atoms with E-state index in [0.717, 1.165) is 57.6 Å². The maximum Gasteiger partial charge on any atom is 0.114 e. The van der Waals surface area contributed by atoms with Gasteiger partial charge in [0.05, 0.1) is 22.8 Å². The van der Waals surface area contributed by atoms with Crippen molar-refractivity contribution in [3.05, 3.63) is 72.2 Å². The highest BCUT2D eigenvalue weighted by molar-refractivity contribution is 5.96. The van der Waals surface area contributed by atoms with E-state index in [2.05, 4.69) is 43.6 Å². The van der Waals surface area contributed by atoms with Gasteiger partial charge in [0.2, 0.25) is 0 Å². The second-order valence-corrected chi connectivity index (χ2v) is 7.72. The van der Waals surface area contributed by atoms with E-state index >= 15 is 0 Å². The number of fused-ring (bicyclic) bond motifs is 2. The number of H-pyrrole nitrogens is 2. The first-order chi connectivity index (χ1) is 14.9. The van der Waals surface area contributed by atoms with E-state index in [1.807, 2.05) is 42.7 Å². The molecule has 6 heteroatoms. The molecular formula is C24H20N6. The van der Waals surface area contributed by atoms with E-state index in [1.54, 1.807) is 0 Å². The van der Waals surface area contributed by atoms with Crippen LogP contribution in [0.2, 0.25) is 0 Å². The molecule has 0 saturated heterocycles. The van der Waals surface area contributed by atoms with E-state index in [0.29, 0.717) is 0 Å². The Kier molecular flexibility index (Phi) is 3.94. The van der Waals surface area contributed by atoms with Gasteiger partial charge in [0.25, 0.3) is 0 Å². The maximum absolute atomic E-state index is 5.03. The predicted molar refractivity (Wildman–Crippen MR) is 117 cm³/mol. The van der Waals surface area contributed by atoms with Crippen LogP contribution < -0.4 is 0 Å². The highest BCUT2D eigenvalue weighted by atomic mass is 15.1. The molecule has 0 saturated carbocycles. The van der Waals surface area contributed by atoms with Crippen molar-refractivity contribution >= 4 is 10.8 Å². The molecule has 6 nitrogen and oxygen atoms in total. The standard InChI is InChI=1S/C24H20N6/c1-2-6-15(7-3-1)20-13-22(29-28-20)23-18-14-25-11-10-16(18)12-21(26-23)24-17-8-4-5-9-19(17)27-30-24/h1-3,6-7,10-14H,4-5,8-9H2,(H,27,30)(H,28,29). The summed E-state index contributed by atoms with van der Waals surface area (Å²) in [7, 11) is 0. The quantitative estimate of drug-likeness (QED) is 0.455. The van der Waals surface area contributed by atoms with Gasteiger partial charge in [0, 0.05) is 34.6 Å². The van der Waals surface area contributed by atoms with Crippen molar-refractivity contribution in [2.24, 2.45) is 0 Å². The SMILES string of the molecule is c1ccc(-c2cc(-c3nc(-c4n[nH]c5c4CCCC5)cc4ccncc34)[nH]n2)cc1. The van der Waals surface area contributed by atoms with Crippen LogP contribution in [0, 0.1) is 0 Å².